The highest BCUT2D eigenvalue weighted by Gasteiger charge is 2.11. The van der Waals surface area contributed by atoms with Gasteiger partial charge in [0.2, 0.25) is 0 Å². The molecule has 1 aromatic carbocycles. The number of carbonyl (C=O) groups excluding carboxylic acids is 1. The number of aliphatic hydroxyl groups is 1. The number of amides is 1. The van der Waals surface area contributed by atoms with Crippen LogP contribution in [-0.4, -0.2) is 24.2 Å². The van der Waals surface area contributed by atoms with E-state index in [4.69, 9.17) is 11.5 Å². The molecule has 0 aliphatic carbocycles. The first-order valence-corrected chi connectivity index (χ1v) is 4.23. The standard InChI is InChI=1S/C11H11NO2/c1-2-11(14)12(8-9-13)10-6-4-3-5-7-10/h1,3-7,13H,8-9H2. The Bertz CT molecular complexity index is 340. The van der Waals surface area contributed by atoms with E-state index >= 15 is 0 Å². The van der Waals surface area contributed by atoms with E-state index in [-0.39, 0.29) is 13.2 Å². The highest BCUT2D eigenvalue weighted by Crippen LogP contribution is 2.12. The molecule has 0 radical (unpaired) electrons. The molecule has 0 unspecified atom stereocenters. The first kappa shape index (κ1) is 10.3. The van der Waals surface area contributed by atoms with E-state index in [2.05, 4.69) is 0 Å². The Kier molecular flexibility index (Phi) is 3.71. The minimum atomic E-state index is -0.440. The molecule has 72 valence electrons. The van der Waals surface area contributed by atoms with Crippen molar-refractivity contribution >= 4 is 11.6 Å². The summed E-state index contributed by atoms with van der Waals surface area (Å²) >= 11 is 0. The van der Waals surface area contributed by atoms with Crippen molar-refractivity contribution in [1.29, 1.82) is 0 Å². The van der Waals surface area contributed by atoms with Gasteiger partial charge in [0.15, 0.2) is 0 Å². The molecule has 0 fully saturated rings. The lowest BCUT2D eigenvalue weighted by molar-refractivity contribution is -0.113. The van der Waals surface area contributed by atoms with E-state index in [0.717, 1.165) is 0 Å². The van der Waals surface area contributed by atoms with E-state index in [1.165, 1.54) is 4.90 Å². The Balaban J connectivity index is 2.90. The van der Waals surface area contributed by atoms with E-state index in [9.17, 15) is 4.79 Å². The maximum atomic E-state index is 11.3. The highest BCUT2D eigenvalue weighted by molar-refractivity contribution is 6.05. The molecular weight excluding hydrogens is 178 g/mol. The van der Waals surface area contributed by atoms with E-state index in [0.29, 0.717) is 5.69 Å². The van der Waals surface area contributed by atoms with Crippen LogP contribution in [0.4, 0.5) is 5.69 Å². The van der Waals surface area contributed by atoms with Crippen LogP contribution in [0.1, 0.15) is 0 Å². The molecule has 1 N–H and O–H groups in total. The van der Waals surface area contributed by atoms with Crippen LogP contribution >= 0.6 is 0 Å². The van der Waals surface area contributed by atoms with Crippen LogP contribution in [0.3, 0.4) is 0 Å². The summed E-state index contributed by atoms with van der Waals surface area (Å²) in [5, 5.41) is 8.78. The minimum Gasteiger partial charge on any atom is -0.395 e. The number of carbonyl (C=O) groups is 1. The van der Waals surface area contributed by atoms with E-state index in [1.807, 2.05) is 24.1 Å². The Morgan fingerprint density at radius 3 is 2.57 bits per heavy atom. The lowest BCUT2D eigenvalue weighted by Crippen LogP contribution is -2.32. The van der Waals surface area contributed by atoms with Crippen LogP contribution < -0.4 is 4.90 Å². The van der Waals surface area contributed by atoms with Crippen LogP contribution in [0.5, 0.6) is 0 Å². The fourth-order valence-electron chi connectivity index (χ4n) is 1.13. The highest BCUT2D eigenvalue weighted by atomic mass is 16.3. The molecule has 0 saturated carbocycles. The molecule has 0 spiro atoms. The summed E-state index contributed by atoms with van der Waals surface area (Å²) in [4.78, 5) is 12.6. The van der Waals surface area contributed by atoms with E-state index < -0.39 is 5.91 Å². The Labute approximate surface area is 83.0 Å². The molecule has 1 rings (SSSR count). The van der Waals surface area contributed by atoms with Crippen molar-refractivity contribution in [1.82, 2.24) is 0 Å². The van der Waals surface area contributed by atoms with Crippen LogP contribution in [0.15, 0.2) is 30.3 Å². The third-order valence-electron chi connectivity index (χ3n) is 1.76. The van der Waals surface area contributed by atoms with Crippen LogP contribution in [0.2, 0.25) is 0 Å². The zero-order valence-corrected chi connectivity index (χ0v) is 7.68. The normalized spacial score (nSPS) is 9.14. The average molecular weight is 189 g/mol. The first-order chi connectivity index (χ1) is 6.79. The number of hydrogen-bond acceptors (Lipinski definition) is 2. The first-order valence-electron chi connectivity index (χ1n) is 4.23. The van der Waals surface area contributed by atoms with Gasteiger partial charge in [-0.05, 0) is 18.1 Å². The van der Waals surface area contributed by atoms with Gasteiger partial charge in [-0.1, -0.05) is 18.2 Å². The molecular formula is C11H11NO2. The third kappa shape index (κ3) is 2.35. The summed E-state index contributed by atoms with van der Waals surface area (Å²) in [6, 6.07) is 9.00. The molecule has 0 aromatic heterocycles. The summed E-state index contributed by atoms with van der Waals surface area (Å²) < 4.78 is 0. The van der Waals surface area contributed by atoms with Crippen molar-refractivity contribution in [3.8, 4) is 12.3 Å². The van der Waals surface area contributed by atoms with Gasteiger partial charge in [-0.15, -0.1) is 6.42 Å². The molecule has 1 aromatic rings. The second kappa shape index (κ2) is 5.05. The predicted octanol–water partition coefficient (Wildman–Crippen LogP) is 0.645. The summed E-state index contributed by atoms with van der Waals surface area (Å²) in [6.45, 7) is 0.107. The van der Waals surface area contributed by atoms with Crippen LogP contribution in [-0.2, 0) is 4.79 Å². The van der Waals surface area contributed by atoms with Gasteiger partial charge in [-0.25, -0.2) is 0 Å². The Morgan fingerprint density at radius 2 is 2.07 bits per heavy atom. The van der Waals surface area contributed by atoms with Gasteiger partial charge in [-0.3, -0.25) is 9.69 Å². The maximum Gasteiger partial charge on any atom is 0.302 e. The number of benzene rings is 1. The number of rotatable bonds is 3. The van der Waals surface area contributed by atoms with Gasteiger partial charge >= 0.3 is 5.91 Å². The molecule has 0 aliphatic rings. The maximum absolute atomic E-state index is 11.3. The second-order valence-electron chi connectivity index (χ2n) is 2.66. The lowest BCUT2D eigenvalue weighted by Gasteiger charge is -2.18. The van der Waals surface area contributed by atoms with Gasteiger partial charge in [-0.2, -0.15) is 0 Å². The van der Waals surface area contributed by atoms with Gasteiger partial charge < -0.3 is 5.11 Å². The number of aliphatic hydroxyl groups excluding tert-OH is 1. The summed E-state index contributed by atoms with van der Waals surface area (Å²) in [6.07, 6.45) is 5.02. The molecule has 14 heavy (non-hydrogen) atoms. The van der Waals surface area contributed by atoms with Gasteiger partial charge in [0.1, 0.15) is 0 Å². The van der Waals surface area contributed by atoms with Crippen molar-refractivity contribution in [2.45, 2.75) is 0 Å². The topological polar surface area (TPSA) is 40.5 Å². The number of hydrogen-bond donors (Lipinski definition) is 1. The summed E-state index contributed by atoms with van der Waals surface area (Å²) in [7, 11) is 0. The van der Waals surface area contributed by atoms with Crippen molar-refractivity contribution in [3.05, 3.63) is 30.3 Å². The van der Waals surface area contributed by atoms with Gasteiger partial charge in [0, 0.05) is 12.2 Å². The molecule has 0 aliphatic heterocycles. The van der Waals surface area contributed by atoms with Crippen molar-refractivity contribution in [3.63, 3.8) is 0 Å². The van der Waals surface area contributed by atoms with Crippen LogP contribution in [0, 0.1) is 12.3 Å². The summed E-state index contributed by atoms with van der Waals surface area (Å²) in [5.41, 5.74) is 0.699. The lowest BCUT2D eigenvalue weighted by atomic mass is 10.3. The molecule has 3 heteroatoms. The zero-order chi connectivity index (χ0) is 10.4. The molecule has 3 nitrogen and oxygen atoms in total. The smallest absolute Gasteiger partial charge is 0.302 e. The molecule has 0 saturated heterocycles. The minimum absolute atomic E-state index is 0.109. The number of para-hydroxylation sites is 1. The molecule has 0 atom stereocenters. The second-order valence-corrected chi connectivity index (χ2v) is 2.66. The Hall–Kier alpha value is -1.79. The SMILES string of the molecule is C#CC(=O)N(CCO)c1ccccc1. The summed E-state index contributed by atoms with van der Waals surface area (Å²) in [5.74, 6) is 1.58. The van der Waals surface area contributed by atoms with E-state index in [1.54, 1.807) is 12.1 Å². The molecule has 0 bridgehead atoms. The largest absolute Gasteiger partial charge is 0.395 e. The number of nitrogens with zero attached hydrogens (tertiary/aromatic N) is 1. The predicted molar refractivity (Wildman–Crippen MR) is 54.7 cm³/mol. The van der Waals surface area contributed by atoms with Crippen molar-refractivity contribution in [2.24, 2.45) is 0 Å². The fourth-order valence-corrected chi connectivity index (χ4v) is 1.13. The average Bonchev–Trinajstić information content (AvgIpc) is 2.26. The number of anilines is 1. The van der Waals surface area contributed by atoms with Crippen LogP contribution in [0.25, 0.3) is 0 Å². The quantitative estimate of drug-likeness (QED) is 0.709. The molecule has 0 heterocycles. The Morgan fingerprint density at radius 1 is 1.43 bits per heavy atom. The number of terminal acetylenes is 1. The molecule has 1 amide bonds. The van der Waals surface area contributed by atoms with Gasteiger partial charge in [0.25, 0.3) is 0 Å². The third-order valence-corrected chi connectivity index (χ3v) is 1.76. The van der Waals surface area contributed by atoms with Crippen molar-refractivity contribution in [2.75, 3.05) is 18.1 Å². The zero-order valence-electron chi connectivity index (χ0n) is 7.68. The van der Waals surface area contributed by atoms with Crippen molar-refractivity contribution < 1.29 is 9.90 Å². The fraction of sp³-hybridized carbons (Fsp3) is 0.182. The van der Waals surface area contributed by atoms with Gasteiger partial charge in [0.05, 0.1) is 6.61 Å². The monoisotopic (exact) mass is 189 g/mol.